The molecule has 1 aliphatic carbocycles. The fourth-order valence-electron chi connectivity index (χ4n) is 5.08. The Bertz CT molecular complexity index is 1450. The molecule has 10 heteroatoms. The first-order valence-electron chi connectivity index (χ1n) is 12.7. The third-order valence-corrected chi connectivity index (χ3v) is 9.30. The summed E-state index contributed by atoms with van der Waals surface area (Å²) in [7, 11) is 1.62. The van der Waals surface area contributed by atoms with Gasteiger partial charge in [-0.2, -0.15) is 0 Å². The molecular formula is C27H29N5O3S2. The van der Waals surface area contributed by atoms with Crippen LogP contribution in [0.5, 0.6) is 5.75 Å². The van der Waals surface area contributed by atoms with Gasteiger partial charge in [-0.1, -0.05) is 11.8 Å². The van der Waals surface area contributed by atoms with E-state index in [1.807, 2.05) is 31.2 Å². The minimum absolute atomic E-state index is 0.0758. The molecular weight excluding hydrogens is 506 g/mol. The third kappa shape index (κ3) is 4.73. The van der Waals surface area contributed by atoms with E-state index in [4.69, 9.17) is 19.4 Å². The highest BCUT2D eigenvalue weighted by Crippen LogP contribution is 2.43. The van der Waals surface area contributed by atoms with Crippen molar-refractivity contribution in [2.24, 2.45) is 0 Å². The summed E-state index contributed by atoms with van der Waals surface area (Å²) in [6, 6.07) is 7.34. The number of thiophene rings is 1. The fourth-order valence-corrected chi connectivity index (χ4v) is 7.20. The van der Waals surface area contributed by atoms with E-state index in [0.717, 1.165) is 76.5 Å². The van der Waals surface area contributed by atoms with Crippen LogP contribution in [0.4, 0.5) is 11.5 Å². The van der Waals surface area contributed by atoms with Crippen molar-refractivity contribution < 1.29 is 14.3 Å². The lowest BCUT2D eigenvalue weighted by Crippen LogP contribution is -2.37. The van der Waals surface area contributed by atoms with E-state index >= 15 is 0 Å². The number of aromatic nitrogens is 3. The number of methoxy groups -OCH3 is 1. The van der Waals surface area contributed by atoms with E-state index in [-0.39, 0.29) is 11.2 Å². The van der Waals surface area contributed by atoms with Gasteiger partial charge < -0.3 is 19.7 Å². The number of aryl methyl sites for hydroxylation is 1. The van der Waals surface area contributed by atoms with E-state index in [2.05, 4.69) is 15.2 Å². The molecule has 1 amide bonds. The average molecular weight is 536 g/mol. The van der Waals surface area contributed by atoms with Gasteiger partial charge in [0.15, 0.2) is 0 Å². The number of rotatable bonds is 6. The molecule has 192 valence electrons. The van der Waals surface area contributed by atoms with E-state index in [1.54, 1.807) is 24.8 Å². The maximum absolute atomic E-state index is 13.0. The zero-order valence-electron chi connectivity index (χ0n) is 21.0. The van der Waals surface area contributed by atoms with Gasteiger partial charge in [0.25, 0.3) is 0 Å². The molecule has 4 heterocycles. The molecule has 6 rings (SSSR count). The van der Waals surface area contributed by atoms with Crippen LogP contribution < -0.4 is 15.0 Å². The van der Waals surface area contributed by atoms with Crippen LogP contribution in [0.25, 0.3) is 20.4 Å². The van der Waals surface area contributed by atoms with Gasteiger partial charge in [-0.3, -0.25) is 4.79 Å². The minimum atomic E-state index is -0.337. The largest absolute Gasteiger partial charge is 0.497 e. The molecule has 1 saturated heterocycles. The Kier molecular flexibility index (Phi) is 6.88. The van der Waals surface area contributed by atoms with Crippen LogP contribution in [0.2, 0.25) is 0 Å². The fraction of sp³-hybridized carbons (Fsp3) is 0.407. The Morgan fingerprint density at radius 3 is 2.65 bits per heavy atom. The Hall–Kier alpha value is -2.95. The van der Waals surface area contributed by atoms with Crippen LogP contribution >= 0.6 is 23.1 Å². The van der Waals surface area contributed by atoms with Crippen molar-refractivity contribution in [3.63, 3.8) is 0 Å². The van der Waals surface area contributed by atoms with E-state index in [1.165, 1.54) is 41.1 Å². The predicted molar refractivity (Wildman–Crippen MR) is 149 cm³/mol. The second-order valence-electron chi connectivity index (χ2n) is 9.32. The second kappa shape index (κ2) is 10.4. The summed E-state index contributed by atoms with van der Waals surface area (Å²) in [5.41, 5.74) is 4.46. The number of ether oxygens (including phenoxy) is 2. The monoisotopic (exact) mass is 535 g/mol. The average Bonchev–Trinajstić information content (AvgIpc) is 3.33. The molecule has 0 bridgehead atoms. The molecule has 2 aliphatic rings. The Morgan fingerprint density at radius 1 is 1.14 bits per heavy atom. The van der Waals surface area contributed by atoms with Gasteiger partial charge in [0.1, 0.15) is 27.8 Å². The highest BCUT2D eigenvalue weighted by atomic mass is 32.2. The number of pyridine rings is 1. The second-order valence-corrected chi connectivity index (χ2v) is 11.6. The van der Waals surface area contributed by atoms with Gasteiger partial charge in [-0.05, 0) is 68.0 Å². The molecule has 1 fully saturated rings. The lowest BCUT2D eigenvalue weighted by atomic mass is 9.90. The molecule has 4 aromatic rings. The van der Waals surface area contributed by atoms with Crippen molar-refractivity contribution in [1.82, 2.24) is 15.0 Å². The maximum Gasteiger partial charge on any atom is 0.237 e. The van der Waals surface area contributed by atoms with Gasteiger partial charge in [0.2, 0.25) is 5.91 Å². The van der Waals surface area contributed by atoms with Gasteiger partial charge in [-0.15, -0.1) is 11.3 Å². The van der Waals surface area contributed by atoms with Crippen LogP contribution in [0, 0.1) is 0 Å². The smallest absolute Gasteiger partial charge is 0.237 e. The number of nitrogens with one attached hydrogen (secondary N) is 1. The number of benzene rings is 1. The maximum atomic E-state index is 13.0. The highest BCUT2D eigenvalue weighted by molar-refractivity contribution is 8.00. The van der Waals surface area contributed by atoms with Crippen molar-refractivity contribution in [2.45, 2.75) is 42.9 Å². The molecule has 1 unspecified atom stereocenters. The number of hydrogen-bond donors (Lipinski definition) is 1. The normalized spacial score (nSPS) is 16.5. The van der Waals surface area contributed by atoms with Crippen LogP contribution in [0.15, 0.2) is 35.6 Å². The molecule has 0 radical (unpaired) electrons. The first kappa shape index (κ1) is 24.4. The molecule has 0 spiro atoms. The molecule has 0 saturated carbocycles. The number of anilines is 2. The summed E-state index contributed by atoms with van der Waals surface area (Å²) in [6.45, 7) is 5.13. The summed E-state index contributed by atoms with van der Waals surface area (Å²) in [6.07, 6.45) is 6.09. The zero-order chi connectivity index (χ0) is 25.4. The molecule has 3 aromatic heterocycles. The number of amides is 1. The third-order valence-electron chi connectivity index (χ3n) is 6.99. The number of fused-ring (bicyclic) bond motifs is 5. The number of thioether (sulfide) groups is 1. The lowest BCUT2D eigenvalue weighted by molar-refractivity contribution is -0.115. The van der Waals surface area contributed by atoms with Crippen molar-refractivity contribution in [2.75, 3.05) is 43.6 Å². The van der Waals surface area contributed by atoms with Crippen molar-refractivity contribution >= 4 is 60.9 Å². The van der Waals surface area contributed by atoms with Gasteiger partial charge in [0.05, 0.1) is 35.8 Å². The van der Waals surface area contributed by atoms with E-state index in [0.29, 0.717) is 0 Å². The zero-order valence-corrected chi connectivity index (χ0v) is 22.6. The number of hydrogen-bond acceptors (Lipinski definition) is 9. The molecule has 1 N–H and O–H groups in total. The lowest BCUT2D eigenvalue weighted by Gasteiger charge is -2.31. The van der Waals surface area contributed by atoms with Crippen LogP contribution in [0.3, 0.4) is 0 Å². The standard InChI is InChI=1S/C27H29N5O3S2/c1-16(25(33)30-17-7-9-18(34-2)10-8-17)36-27-23-22(28-15-29-27)21-19-5-3-4-6-20(19)24(31-26(21)37-23)32-11-13-35-14-12-32/h7-10,15-16H,3-6,11-14H2,1-2H3,(H,30,33). The number of morpholine rings is 1. The Morgan fingerprint density at radius 2 is 1.89 bits per heavy atom. The van der Waals surface area contributed by atoms with Crippen molar-refractivity contribution in [3.05, 3.63) is 41.7 Å². The van der Waals surface area contributed by atoms with Gasteiger partial charge in [-0.25, -0.2) is 15.0 Å². The topological polar surface area (TPSA) is 89.5 Å². The summed E-state index contributed by atoms with van der Waals surface area (Å²) in [4.78, 5) is 30.9. The van der Waals surface area contributed by atoms with Crippen molar-refractivity contribution in [1.29, 1.82) is 0 Å². The van der Waals surface area contributed by atoms with Gasteiger partial charge in [0, 0.05) is 24.2 Å². The van der Waals surface area contributed by atoms with Crippen molar-refractivity contribution in [3.8, 4) is 5.75 Å². The van der Waals surface area contributed by atoms with Gasteiger partial charge >= 0.3 is 0 Å². The quantitative estimate of drug-likeness (QED) is 0.270. The first-order chi connectivity index (χ1) is 18.1. The summed E-state index contributed by atoms with van der Waals surface area (Å²) in [5, 5.41) is 4.65. The minimum Gasteiger partial charge on any atom is -0.497 e. The van der Waals surface area contributed by atoms with Crippen LogP contribution in [0.1, 0.15) is 30.9 Å². The molecule has 8 nitrogen and oxygen atoms in total. The first-order valence-corrected chi connectivity index (χ1v) is 14.3. The number of carbonyl (C=O) groups is 1. The van der Waals surface area contributed by atoms with E-state index < -0.39 is 0 Å². The van der Waals surface area contributed by atoms with E-state index in [9.17, 15) is 4.79 Å². The number of carbonyl (C=O) groups excluding carboxylic acids is 1. The molecule has 1 aliphatic heterocycles. The summed E-state index contributed by atoms with van der Waals surface area (Å²) < 4.78 is 11.8. The van der Waals surface area contributed by atoms with Crippen LogP contribution in [-0.4, -0.2) is 59.5 Å². The molecule has 1 atom stereocenters. The summed E-state index contributed by atoms with van der Waals surface area (Å²) in [5.74, 6) is 1.79. The summed E-state index contributed by atoms with van der Waals surface area (Å²) >= 11 is 3.10. The number of nitrogens with zero attached hydrogens (tertiary/aromatic N) is 4. The predicted octanol–water partition coefficient (Wildman–Crippen LogP) is 5.08. The van der Waals surface area contributed by atoms with Crippen LogP contribution in [-0.2, 0) is 22.4 Å². The highest BCUT2D eigenvalue weighted by Gasteiger charge is 2.27. The molecule has 37 heavy (non-hydrogen) atoms. The Labute approximate surface area is 223 Å². The molecule has 1 aromatic carbocycles. The Balaban J connectivity index is 1.33. The SMILES string of the molecule is COc1ccc(NC(=O)C(C)Sc2ncnc3c2sc2nc(N4CCOCC4)c4c(c23)CCCC4)cc1.